The molecule has 0 bridgehead atoms. The summed E-state index contributed by atoms with van der Waals surface area (Å²) in [5.74, 6) is 3.01. The van der Waals surface area contributed by atoms with E-state index in [-0.39, 0.29) is 0 Å². The zero-order valence-corrected chi connectivity index (χ0v) is 57.5. The van der Waals surface area contributed by atoms with Crippen molar-refractivity contribution in [3.63, 3.8) is 0 Å². The molecule has 106 heavy (non-hydrogen) atoms. The van der Waals surface area contributed by atoms with Gasteiger partial charge in [-0.2, -0.15) is 0 Å². The second-order valence-corrected chi connectivity index (χ2v) is 26.9. The van der Waals surface area contributed by atoms with Crippen LogP contribution in [0.1, 0.15) is 0 Å². The van der Waals surface area contributed by atoms with Crippen LogP contribution in [0.25, 0.3) is 189 Å². The Bertz CT molecular complexity index is 6780. The minimum atomic E-state index is 0.675. The summed E-state index contributed by atoms with van der Waals surface area (Å²) in [4.78, 5) is 21.3. The topological polar surface area (TPSA) is 71.3 Å². The molecule has 0 spiro atoms. The van der Waals surface area contributed by atoms with E-state index in [1.54, 1.807) is 0 Å². The van der Waals surface area contributed by atoms with Crippen molar-refractivity contribution < 1.29 is 0 Å². The van der Waals surface area contributed by atoms with Gasteiger partial charge in [0.1, 0.15) is 11.6 Å². The smallest absolute Gasteiger partial charge is 0.162 e. The standard InChI is InChI=1S/C52H34N4.C46H30N4/c1-4-14-35(15-5-1)37-24-28-39(29-25-37)45-34-49(54-52(53-45)40-30-26-38(27-31-40)36-16-6-2-7-17-36)56-46-22-12-10-20-42(46)43-32-33-48-50(51(43)56)44-21-11-13-23-47(44)55(48)41-18-8-3-9-19-41;1-4-15-31(16-5-1)33-19-14-20-34(29-33)46-47-39(32-17-6-2-7-18-32)30-43(48-46)50-40-25-12-10-23-36(40)37-27-28-42-44(45(37)50)38-24-11-13-26-41(38)49(42)35-21-8-3-9-22-35/h1-34H;1-30H. The quantitative estimate of drug-likeness (QED) is 0.129. The van der Waals surface area contributed by atoms with Crippen LogP contribution in [-0.2, 0) is 0 Å². The van der Waals surface area contributed by atoms with E-state index >= 15 is 0 Å². The van der Waals surface area contributed by atoms with Gasteiger partial charge in [0.2, 0.25) is 0 Å². The maximum Gasteiger partial charge on any atom is 0.162 e. The summed E-state index contributed by atoms with van der Waals surface area (Å²) in [5.41, 5.74) is 24.1. The monoisotopic (exact) mass is 1350 g/mol. The molecule has 0 aliphatic carbocycles. The Labute approximate surface area is 611 Å². The van der Waals surface area contributed by atoms with Gasteiger partial charge in [0, 0.05) is 88.9 Å². The molecule has 6 heterocycles. The van der Waals surface area contributed by atoms with E-state index in [0.29, 0.717) is 11.6 Å². The van der Waals surface area contributed by atoms with Crippen molar-refractivity contribution in [2.45, 2.75) is 0 Å². The molecule has 0 N–H and O–H groups in total. The van der Waals surface area contributed by atoms with E-state index in [2.05, 4.69) is 388 Å². The van der Waals surface area contributed by atoms with Crippen LogP contribution >= 0.6 is 0 Å². The van der Waals surface area contributed by atoms with E-state index in [9.17, 15) is 0 Å². The van der Waals surface area contributed by atoms with Crippen LogP contribution in [0.3, 0.4) is 0 Å². The van der Waals surface area contributed by atoms with Gasteiger partial charge in [-0.3, -0.25) is 9.13 Å². The molecule has 0 saturated heterocycles. The molecule has 496 valence electrons. The molecular formula is C98H64N8. The minimum absolute atomic E-state index is 0.675. The summed E-state index contributed by atoms with van der Waals surface area (Å²) in [6, 6.07) is 137. The van der Waals surface area contributed by atoms with Crippen molar-refractivity contribution in [1.29, 1.82) is 0 Å². The highest BCUT2D eigenvalue weighted by molar-refractivity contribution is 6.27. The molecule has 0 saturated carbocycles. The summed E-state index contributed by atoms with van der Waals surface area (Å²) in [6.45, 7) is 0. The Morgan fingerprint density at radius 1 is 0.170 bits per heavy atom. The predicted octanol–water partition coefficient (Wildman–Crippen LogP) is 25.0. The first-order valence-electron chi connectivity index (χ1n) is 35.9. The second kappa shape index (κ2) is 25.9. The van der Waals surface area contributed by atoms with Crippen molar-refractivity contribution in [3.8, 4) is 102 Å². The highest BCUT2D eigenvalue weighted by atomic mass is 15.1. The lowest BCUT2D eigenvalue weighted by Gasteiger charge is -2.13. The van der Waals surface area contributed by atoms with E-state index in [4.69, 9.17) is 19.9 Å². The van der Waals surface area contributed by atoms with Crippen LogP contribution in [-0.4, -0.2) is 38.2 Å². The average molecular weight is 1350 g/mol. The number of rotatable bonds is 11. The fourth-order valence-electron chi connectivity index (χ4n) is 15.8. The molecule has 0 atom stereocenters. The summed E-state index contributed by atoms with van der Waals surface area (Å²) >= 11 is 0. The third-order valence-corrected chi connectivity index (χ3v) is 20.7. The number of nitrogens with zero attached hydrogens (tertiary/aromatic N) is 8. The van der Waals surface area contributed by atoms with Gasteiger partial charge in [-0.15, -0.1) is 0 Å². The first-order valence-corrected chi connectivity index (χ1v) is 35.9. The van der Waals surface area contributed by atoms with Crippen molar-refractivity contribution >= 4 is 87.2 Å². The molecule has 15 aromatic carbocycles. The fraction of sp³-hybridized carbons (Fsp3) is 0. The van der Waals surface area contributed by atoms with Crippen molar-refractivity contribution in [2.75, 3.05) is 0 Å². The maximum atomic E-state index is 5.44. The molecule has 0 radical (unpaired) electrons. The van der Waals surface area contributed by atoms with E-state index in [0.717, 1.165) is 106 Å². The zero-order valence-electron chi connectivity index (χ0n) is 57.5. The largest absolute Gasteiger partial charge is 0.309 e. The Morgan fingerprint density at radius 2 is 0.472 bits per heavy atom. The molecular weight excluding hydrogens is 1290 g/mol. The van der Waals surface area contributed by atoms with Crippen molar-refractivity contribution in [1.82, 2.24) is 38.2 Å². The number of fused-ring (bicyclic) bond motifs is 14. The Hall–Kier alpha value is -14.3. The van der Waals surface area contributed by atoms with Crippen molar-refractivity contribution in [2.24, 2.45) is 0 Å². The van der Waals surface area contributed by atoms with Crippen LogP contribution < -0.4 is 0 Å². The molecule has 21 aromatic rings. The van der Waals surface area contributed by atoms with E-state index < -0.39 is 0 Å². The van der Waals surface area contributed by atoms with Crippen LogP contribution in [0.2, 0.25) is 0 Å². The summed E-state index contributed by atoms with van der Waals surface area (Å²) in [7, 11) is 0. The van der Waals surface area contributed by atoms with Crippen LogP contribution in [0.4, 0.5) is 0 Å². The highest BCUT2D eigenvalue weighted by Crippen LogP contribution is 2.45. The lowest BCUT2D eigenvalue weighted by Crippen LogP contribution is -2.03. The van der Waals surface area contributed by atoms with E-state index in [1.807, 2.05) is 18.2 Å². The third-order valence-electron chi connectivity index (χ3n) is 20.7. The second-order valence-electron chi connectivity index (χ2n) is 26.9. The number of para-hydroxylation sites is 6. The van der Waals surface area contributed by atoms with Gasteiger partial charge in [-0.25, -0.2) is 19.9 Å². The highest BCUT2D eigenvalue weighted by Gasteiger charge is 2.26. The van der Waals surface area contributed by atoms with Gasteiger partial charge in [0.25, 0.3) is 0 Å². The molecule has 21 rings (SSSR count). The number of hydrogen-bond donors (Lipinski definition) is 0. The lowest BCUT2D eigenvalue weighted by atomic mass is 10.0. The first-order chi connectivity index (χ1) is 52.6. The minimum Gasteiger partial charge on any atom is -0.309 e. The lowest BCUT2D eigenvalue weighted by molar-refractivity contribution is 1.05. The summed E-state index contributed by atoms with van der Waals surface area (Å²) in [6.07, 6.45) is 0. The fourth-order valence-corrected chi connectivity index (χ4v) is 15.8. The first kappa shape index (κ1) is 61.5. The normalized spacial score (nSPS) is 11.6. The number of benzene rings is 15. The number of aromatic nitrogens is 8. The van der Waals surface area contributed by atoms with Crippen LogP contribution in [0.5, 0.6) is 0 Å². The molecule has 0 fully saturated rings. The van der Waals surface area contributed by atoms with Gasteiger partial charge >= 0.3 is 0 Å². The average Bonchev–Trinajstić information content (AvgIpc) is 1.55. The zero-order chi connectivity index (χ0) is 70.0. The third kappa shape index (κ3) is 10.6. The molecule has 8 nitrogen and oxygen atoms in total. The van der Waals surface area contributed by atoms with Gasteiger partial charge in [-0.05, 0) is 100 Å². The number of hydrogen-bond acceptors (Lipinski definition) is 4. The van der Waals surface area contributed by atoms with Gasteiger partial charge in [0.15, 0.2) is 11.6 Å². The van der Waals surface area contributed by atoms with E-state index in [1.165, 1.54) is 70.8 Å². The molecule has 6 aromatic heterocycles. The van der Waals surface area contributed by atoms with Crippen molar-refractivity contribution in [3.05, 3.63) is 388 Å². The molecule has 0 amide bonds. The Balaban J connectivity index is 0.000000141. The van der Waals surface area contributed by atoms with Crippen LogP contribution in [0.15, 0.2) is 388 Å². The molecule has 0 aliphatic heterocycles. The predicted molar refractivity (Wildman–Crippen MR) is 439 cm³/mol. The molecule has 8 heteroatoms. The van der Waals surface area contributed by atoms with Gasteiger partial charge in [0.05, 0.1) is 55.5 Å². The van der Waals surface area contributed by atoms with Gasteiger partial charge < -0.3 is 9.13 Å². The SMILES string of the molecule is c1ccc(-c2ccc(-c3cc(-n4c5ccccc5c5ccc6c(c7ccccc7n6-c6ccccc6)c54)nc(-c4ccc(-c5ccccc5)cc4)n3)cc2)cc1.c1ccc(-c2cccc(-c3nc(-c4ccccc4)cc(-n4c5ccccc5c5ccc6c(c7ccccc7n6-c6ccccc6)c54)n3)c2)cc1. The Morgan fingerprint density at radius 3 is 0.906 bits per heavy atom. The van der Waals surface area contributed by atoms with Gasteiger partial charge in [-0.1, -0.05) is 309 Å². The molecule has 0 unspecified atom stereocenters. The maximum absolute atomic E-state index is 5.44. The van der Waals surface area contributed by atoms with Crippen LogP contribution in [0, 0.1) is 0 Å². The summed E-state index contributed by atoms with van der Waals surface area (Å²) < 4.78 is 9.47. The summed E-state index contributed by atoms with van der Waals surface area (Å²) in [5, 5.41) is 9.54. The Kier molecular flexibility index (Phi) is 15.0. The molecule has 0 aliphatic rings.